The first-order chi connectivity index (χ1) is 9.15. The molecule has 19 heavy (non-hydrogen) atoms. The minimum Gasteiger partial charge on any atom is -0.543 e. The van der Waals surface area contributed by atoms with E-state index >= 15 is 0 Å². The average Bonchev–Trinajstić information content (AvgIpc) is 2.86. The van der Waals surface area contributed by atoms with Crippen LogP contribution in [-0.4, -0.2) is 20.7 Å². The number of carboxylic acid groups (broad SMARTS) is 1. The fourth-order valence-corrected chi connectivity index (χ4v) is 2.05. The number of carbonyl (C=O) groups is 1. The Labute approximate surface area is 109 Å². The number of allylic oxidation sites excluding steroid dienone is 1. The molecule has 1 aromatic carbocycles. The van der Waals surface area contributed by atoms with Crippen molar-refractivity contribution in [3.63, 3.8) is 0 Å². The molecular formula is C13H11N4O2-. The van der Waals surface area contributed by atoms with E-state index < -0.39 is 5.97 Å². The van der Waals surface area contributed by atoms with Crippen LogP contribution in [0.2, 0.25) is 0 Å². The Morgan fingerprint density at radius 1 is 1.37 bits per heavy atom. The Morgan fingerprint density at radius 2 is 2.11 bits per heavy atom. The molecule has 1 aliphatic rings. The van der Waals surface area contributed by atoms with Crippen LogP contribution in [0.5, 0.6) is 0 Å². The molecule has 2 aromatic rings. The topological polar surface area (TPSA) is 82.9 Å². The number of fused-ring (bicyclic) bond motifs is 1. The van der Waals surface area contributed by atoms with Gasteiger partial charge in [0.2, 0.25) is 5.95 Å². The number of carbonyl (C=O) groups excluding carboxylic acids is 1. The number of nitrogens with one attached hydrogen (secondary N) is 1. The van der Waals surface area contributed by atoms with E-state index in [1.54, 1.807) is 10.8 Å². The Morgan fingerprint density at radius 3 is 2.79 bits per heavy atom. The predicted octanol–water partition coefficient (Wildman–Crippen LogP) is 0.235. The van der Waals surface area contributed by atoms with Gasteiger partial charge in [-0.25, -0.2) is 4.68 Å². The second-order valence-corrected chi connectivity index (χ2v) is 4.38. The lowest BCUT2D eigenvalue weighted by molar-refractivity contribution is -0.299. The minimum absolute atomic E-state index is 0.00563. The molecule has 0 saturated carbocycles. The van der Waals surface area contributed by atoms with Gasteiger partial charge >= 0.3 is 0 Å². The molecule has 0 amide bonds. The monoisotopic (exact) mass is 255 g/mol. The van der Waals surface area contributed by atoms with Crippen molar-refractivity contribution in [3.8, 4) is 0 Å². The largest absolute Gasteiger partial charge is 0.543 e. The fourth-order valence-electron chi connectivity index (χ4n) is 2.05. The zero-order chi connectivity index (χ0) is 13.4. The fraction of sp³-hybridized carbons (Fsp3) is 0.154. The zero-order valence-electron chi connectivity index (χ0n) is 10.2. The number of aliphatic carboxylic acids is 1. The number of nitrogens with zero attached hydrogens (tertiary/aromatic N) is 3. The molecule has 0 radical (unpaired) electrons. The molecule has 0 aliphatic carbocycles. The molecule has 1 aliphatic heterocycles. The first-order valence-electron chi connectivity index (χ1n) is 5.81. The summed E-state index contributed by atoms with van der Waals surface area (Å²) in [6, 6.07) is 7.54. The average molecular weight is 255 g/mol. The number of carboxylic acids is 1. The molecule has 1 aromatic heterocycles. The molecule has 96 valence electrons. The Bertz CT molecular complexity index is 658. The summed E-state index contributed by atoms with van der Waals surface area (Å²) >= 11 is 0. The van der Waals surface area contributed by atoms with Crippen molar-refractivity contribution in [3.05, 3.63) is 53.5 Å². The normalized spacial score (nSPS) is 17.3. The maximum absolute atomic E-state index is 11.0. The van der Waals surface area contributed by atoms with Crippen LogP contribution in [0.15, 0.2) is 42.4 Å². The van der Waals surface area contributed by atoms with Crippen molar-refractivity contribution < 1.29 is 9.90 Å². The van der Waals surface area contributed by atoms with E-state index in [2.05, 4.69) is 15.4 Å². The maximum atomic E-state index is 11.0. The van der Waals surface area contributed by atoms with Crippen molar-refractivity contribution in [2.75, 3.05) is 5.32 Å². The zero-order valence-corrected chi connectivity index (χ0v) is 10.2. The summed E-state index contributed by atoms with van der Waals surface area (Å²) in [6.45, 7) is 2.00. The van der Waals surface area contributed by atoms with Gasteiger partial charge in [-0.3, -0.25) is 0 Å². The highest BCUT2D eigenvalue weighted by Gasteiger charge is 2.22. The Balaban J connectivity index is 2.09. The first-order valence-corrected chi connectivity index (χ1v) is 5.81. The van der Waals surface area contributed by atoms with Crippen molar-refractivity contribution in [2.45, 2.75) is 13.0 Å². The Kier molecular flexibility index (Phi) is 2.56. The summed E-state index contributed by atoms with van der Waals surface area (Å²) < 4.78 is 1.64. The number of anilines is 1. The summed E-state index contributed by atoms with van der Waals surface area (Å²) in [5.41, 5.74) is 2.09. The second-order valence-electron chi connectivity index (χ2n) is 4.38. The molecule has 0 spiro atoms. The van der Waals surface area contributed by atoms with Gasteiger partial charge in [-0.05, 0) is 18.6 Å². The van der Waals surface area contributed by atoms with Crippen molar-refractivity contribution in [1.29, 1.82) is 0 Å². The van der Waals surface area contributed by atoms with Crippen molar-refractivity contribution in [2.24, 2.45) is 0 Å². The van der Waals surface area contributed by atoms with Gasteiger partial charge in [-0.1, -0.05) is 29.8 Å². The number of hydrogen-bond acceptors (Lipinski definition) is 5. The van der Waals surface area contributed by atoms with Crippen LogP contribution in [-0.2, 0) is 4.79 Å². The van der Waals surface area contributed by atoms with E-state index in [-0.39, 0.29) is 11.7 Å². The van der Waals surface area contributed by atoms with Gasteiger partial charge in [0, 0.05) is 0 Å². The summed E-state index contributed by atoms with van der Waals surface area (Å²) in [7, 11) is 0. The predicted molar refractivity (Wildman–Crippen MR) is 66.1 cm³/mol. The lowest BCUT2D eigenvalue weighted by atomic mass is 10.0. The van der Waals surface area contributed by atoms with E-state index in [0.29, 0.717) is 5.95 Å². The second kappa shape index (κ2) is 4.24. The third-order valence-electron chi connectivity index (χ3n) is 3.05. The molecule has 6 nitrogen and oxygen atoms in total. The highest BCUT2D eigenvalue weighted by molar-refractivity contribution is 5.88. The number of aromatic nitrogens is 3. The summed E-state index contributed by atoms with van der Waals surface area (Å²) in [6.07, 6.45) is 2.96. The quantitative estimate of drug-likeness (QED) is 0.830. The summed E-state index contributed by atoms with van der Waals surface area (Å²) in [5, 5.41) is 17.8. The van der Waals surface area contributed by atoms with Crippen LogP contribution in [0.25, 0.3) is 0 Å². The van der Waals surface area contributed by atoms with Crippen LogP contribution in [0.4, 0.5) is 5.95 Å². The first kappa shape index (κ1) is 11.5. The van der Waals surface area contributed by atoms with Crippen LogP contribution >= 0.6 is 0 Å². The van der Waals surface area contributed by atoms with Crippen molar-refractivity contribution in [1.82, 2.24) is 14.8 Å². The third-order valence-corrected chi connectivity index (χ3v) is 3.05. The molecule has 0 saturated heterocycles. The van der Waals surface area contributed by atoms with Crippen LogP contribution < -0.4 is 10.4 Å². The van der Waals surface area contributed by atoms with Gasteiger partial charge in [0.25, 0.3) is 0 Å². The molecule has 2 heterocycles. The highest BCUT2D eigenvalue weighted by atomic mass is 16.4. The molecule has 6 heteroatoms. The molecule has 0 fully saturated rings. The van der Waals surface area contributed by atoms with Crippen LogP contribution in [0.3, 0.4) is 0 Å². The van der Waals surface area contributed by atoms with Crippen molar-refractivity contribution >= 4 is 11.9 Å². The van der Waals surface area contributed by atoms with E-state index in [9.17, 15) is 9.90 Å². The molecule has 1 N–H and O–H groups in total. The highest BCUT2D eigenvalue weighted by Crippen LogP contribution is 2.27. The summed E-state index contributed by atoms with van der Waals surface area (Å²) in [4.78, 5) is 15.0. The lowest BCUT2D eigenvalue weighted by Crippen LogP contribution is -2.32. The number of hydrogen-bond donors (Lipinski definition) is 1. The van der Waals surface area contributed by atoms with Crippen LogP contribution in [0, 0.1) is 6.92 Å². The van der Waals surface area contributed by atoms with E-state index in [1.165, 1.54) is 6.33 Å². The molecule has 0 bridgehead atoms. The summed E-state index contributed by atoms with van der Waals surface area (Å²) in [5.74, 6) is -0.862. The third kappa shape index (κ3) is 1.97. The Hall–Kier alpha value is -2.63. The van der Waals surface area contributed by atoms with E-state index in [4.69, 9.17) is 0 Å². The number of benzene rings is 1. The van der Waals surface area contributed by atoms with Gasteiger partial charge in [0.15, 0.2) is 0 Å². The van der Waals surface area contributed by atoms with Crippen LogP contribution in [0.1, 0.15) is 17.2 Å². The molecular weight excluding hydrogens is 244 g/mol. The SMILES string of the molecule is Cc1ccc([C@@H]2C=C(C(=O)[O-])Nc3ncnn32)cc1. The van der Waals surface area contributed by atoms with E-state index in [0.717, 1.165) is 11.1 Å². The standard InChI is InChI=1S/C13H12N4O2/c1-8-2-4-9(5-3-8)11-6-10(12(18)19)16-13-14-7-15-17(11)13/h2-7,11H,1H3,(H,18,19)(H,14,15,16)/p-1/t11-/m0/s1. The number of aryl methyl sites for hydroxylation is 1. The van der Waals surface area contributed by atoms with E-state index in [1.807, 2.05) is 31.2 Å². The molecule has 0 unspecified atom stereocenters. The van der Waals surface area contributed by atoms with Gasteiger partial charge in [0.05, 0.1) is 11.7 Å². The van der Waals surface area contributed by atoms with Gasteiger partial charge in [-0.2, -0.15) is 10.1 Å². The smallest absolute Gasteiger partial charge is 0.226 e. The van der Waals surface area contributed by atoms with Gasteiger partial charge in [-0.15, -0.1) is 0 Å². The molecule has 1 atom stereocenters. The lowest BCUT2D eigenvalue weighted by Gasteiger charge is -2.24. The maximum Gasteiger partial charge on any atom is 0.226 e. The minimum atomic E-state index is -1.26. The number of rotatable bonds is 2. The van der Waals surface area contributed by atoms with Gasteiger partial charge in [0.1, 0.15) is 12.4 Å². The van der Waals surface area contributed by atoms with Gasteiger partial charge < -0.3 is 15.2 Å². The molecule has 3 rings (SSSR count).